The van der Waals surface area contributed by atoms with E-state index in [4.69, 9.17) is 4.74 Å². The Kier molecular flexibility index (Phi) is 3.68. The first-order chi connectivity index (χ1) is 11.6. The third kappa shape index (κ3) is 2.34. The van der Waals surface area contributed by atoms with Crippen LogP contribution in [0.3, 0.4) is 0 Å². The van der Waals surface area contributed by atoms with E-state index in [1.165, 1.54) is 0 Å². The predicted molar refractivity (Wildman–Crippen MR) is 89.1 cm³/mol. The normalized spacial score (nSPS) is 24.2. The van der Waals surface area contributed by atoms with Gasteiger partial charge in [0.05, 0.1) is 29.7 Å². The van der Waals surface area contributed by atoms with Crippen LogP contribution in [0.1, 0.15) is 41.7 Å². The lowest BCUT2D eigenvalue weighted by Crippen LogP contribution is -2.54. The van der Waals surface area contributed by atoms with Crippen LogP contribution in [0.5, 0.6) is 0 Å². The summed E-state index contributed by atoms with van der Waals surface area (Å²) in [6.07, 6.45) is 4.37. The van der Waals surface area contributed by atoms with Crippen molar-refractivity contribution in [3.05, 3.63) is 27.7 Å². The number of nitrogens with zero attached hydrogens (tertiary/aromatic N) is 3. The van der Waals surface area contributed by atoms with Gasteiger partial charge >= 0.3 is 0 Å². The zero-order valence-corrected chi connectivity index (χ0v) is 14.0. The second-order valence-electron chi connectivity index (χ2n) is 6.77. The van der Waals surface area contributed by atoms with Crippen LogP contribution in [0, 0.1) is 6.92 Å². The second kappa shape index (κ2) is 5.73. The predicted octanol–water partition coefficient (Wildman–Crippen LogP) is 1.35. The molecule has 2 atom stereocenters. The molecule has 1 aliphatic heterocycles. The van der Waals surface area contributed by atoms with Crippen molar-refractivity contribution in [2.75, 3.05) is 13.2 Å². The Bertz CT molecular complexity index is 851. The highest BCUT2D eigenvalue weighted by Crippen LogP contribution is 2.30. The van der Waals surface area contributed by atoms with Gasteiger partial charge in [-0.2, -0.15) is 0 Å². The van der Waals surface area contributed by atoms with Gasteiger partial charge in [-0.25, -0.2) is 4.98 Å². The molecule has 2 aromatic heterocycles. The van der Waals surface area contributed by atoms with E-state index >= 15 is 0 Å². The van der Waals surface area contributed by atoms with Crippen molar-refractivity contribution in [2.24, 2.45) is 7.05 Å². The molecule has 0 aromatic carbocycles. The van der Waals surface area contributed by atoms with E-state index in [-0.39, 0.29) is 23.6 Å². The smallest absolute Gasteiger partial charge is 0.274 e. The number of H-pyrrole nitrogens is 1. The number of amides is 1. The van der Waals surface area contributed by atoms with E-state index in [0.29, 0.717) is 29.7 Å². The van der Waals surface area contributed by atoms with Crippen molar-refractivity contribution in [2.45, 2.75) is 44.8 Å². The topological polar surface area (TPSA) is 80.2 Å². The SMILES string of the molecule is Cc1cc(C(=O)N2CCO[C@H]3CCCC[C@@H]32)c2c(=O)[nH]n(C)c2n1. The van der Waals surface area contributed by atoms with Crippen molar-refractivity contribution in [1.82, 2.24) is 19.7 Å². The molecule has 0 radical (unpaired) electrons. The molecule has 128 valence electrons. The van der Waals surface area contributed by atoms with Crippen LogP contribution in [-0.4, -0.2) is 50.9 Å². The third-order valence-corrected chi connectivity index (χ3v) is 5.17. The van der Waals surface area contributed by atoms with Gasteiger partial charge in [-0.1, -0.05) is 12.8 Å². The number of aromatic amines is 1. The van der Waals surface area contributed by atoms with Gasteiger partial charge in [0, 0.05) is 19.3 Å². The highest BCUT2D eigenvalue weighted by molar-refractivity contribution is 6.05. The number of aromatic nitrogens is 3. The maximum Gasteiger partial charge on any atom is 0.274 e. The molecule has 1 N–H and O–H groups in total. The highest BCUT2D eigenvalue weighted by Gasteiger charge is 2.37. The molecule has 0 spiro atoms. The number of fused-ring (bicyclic) bond motifs is 2. The average Bonchev–Trinajstić information content (AvgIpc) is 2.87. The van der Waals surface area contributed by atoms with Gasteiger partial charge in [0.25, 0.3) is 11.5 Å². The molecular formula is C17H22N4O3. The number of aryl methyl sites for hydroxylation is 2. The first-order valence-electron chi connectivity index (χ1n) is 8.55. The molecule has 0 unspecified atom stereocenters. The lowest BCUT2D eigenvalue weighted by atomic mass is 9.89. The number of nitrogens with one attached hydrogen (secondary N) is 1. The van der Waals surface area contributed by atoms with Gasteiger partial charge in [0.15, 0.2) is 5.65 Å². The van der Waals surface area contributed by atoms with Crippen molar-refractivity contribution in [3.8, 4) is 0 Å². The van der Waals surface area contributed by atoms with Crippen molar-refractivity contribution in [1.29, 1.82) is 0 Å². The Balaban J connectivity index is 1.79. The van der Waals surface area contributed by atoms with E-state index in [1.807, 2.05) is 11.8 Å². The molecule has 2 aromatic rings. The number of morpholine rings is 1. The summed E-state index contributed by atoms with van der Waals surface area (Å²) in [5.41, 5.74) is 1.44. The number of hydrogen-bond acceptors (Lipinski definition) is 4. The summed E-state index contributed by atoms with van der Waals surface area (Å²) in [7, 11) is 1.73. The van der Waals surface area contributed by atoms with Gasteiger partial charge in [-0.15, -0.1) is 0 Å². The summed E-state index contributed by atoms with van der Waals surface area (Å²) < 4.78 is 7.43. The maximum absolute atomic E-state index is 13.3. The van der Waals surface area contributed by atoms with Gasteiger partial charge in [-0.05, 0) is 25.8 Å². The number of hydrogen-bond donors (Lipinski definition) is 1. The van der Waals surface area contributed by atoms with Crippen LogP contribution in [0.4, 0.5) is 0 Å². The Morgan fingerprint density at radius 3 is 3.00 bits per heavy atom. The minimum atomic E-state index is -0.267. The summed E-state index contributed by atoms with van der Waals surface area (Å²) in [5.74, 6) is -0.0811. The molecule has 7 nitrogen and oxygen atoms in total. The number of pyridine rings is 1. The van der Waals surface area contributed by atoms with Crippen LogP contribution >= 0.6 is 0 Å². The summed E-state index contributed by atoms with van der Waals surface area (Å²) in [6, 6.07) is 1.85. The van der Waals surface area contributed by atoms with Crippen LogP contribution in [0.15, 0.2) is 10.9 Å². The second-order valence-corrected chi connectivity index (χ2v) is 6.77. The first kappa shape index (κ1) is 15.4. The standard InChI is InChI=1S/C17H22N4O3/c1-10-9-11(14-15(18-10)20(2)19-16(14)22)17(23)21-7-8-24-13-6-4-3-5-12(13)21/h9,12-13H,3-8H2,1-2H3,(H,19,22)/t12-,13-/m0/s1. The minimum Gasteiger partial charge on any atom is -0.374 e. The highest BCUT2D eigenvalue weighted by atomic mass is 16.5. The molecule has 1 aliphatic carbocycles. The van der Waals surface area contributed by atoms with Crippen molar-refractivity contribution < 1.29 is 9.53 Å². The molecular weight excluding hydrogens is 308 g/mol. The molecule has 1 saturated carbocycles. The molecule has 24 heavy (non-hydrogen) atoms. The molecule has 2 fully saturated rings. The fraction of sp³-hybridized carbons (Fsp3) is 0.588. The fourth-order valence-electron chi connectivity index (χ4n) is 4.06. The number of rotatable bonds is 1. The quantitative estimate of drug-likeness (QED) is 0.856. The lowest BCUT2D eigenvalue weighted by molar-refractivity contribution is -0.0752. The largest absolute Gasteiger partial charge is 0.374 e. The van der Waals surface area contributed by atoms with Crippen molar-refractivity contribution in [3.63, 3.8) is 0 Å². The average molecular weight is 330 g/mol. The molecule has 0 bridgehead atoms. The zero-order valence-electron chi connectivity index (χ0n) is 14.0. The van der Waals surface area contributed by atoms with E-state index < -0.39 is 0 Å². The third-order valence-electron chi connectivity index (χ3n) is 5.17. The van der Waals surface area contributed by atoms with Crippen LogP contribution in [-0.2, 0) is 11.8 Å². The molecule has 4 rings (SSSR count). The Morgan fingerprint density at radius 1 is 1.38 bits per heavy atom. The summed E-state index contributed by atoms with van der Waals surface area (Å²) >= 11 is 0. The van der Waals surface area contributed by atoms with E-state index in [9.17, 15) is 9.59 Å². The number of carbonyl (C=O) groups excluding carboxylic acids is 1. The van der Waals surface area contributed by atoms with Crippen LogP contribution in [0.2, 0.25) is 0 Å². The van der Waals surface area contributed by atoms with Crippen molar-refractivity contribution >= 4 is 16.9 Å². The number of carbonyl (C=O) groups is 1. The minimum absolute atomic E-state index is 0.0811. The van der Waals surface area contributed by atoms with Gasteiger partial charge in [0.1, 0.15) is 0 Å². The summed E-state index contributed by atoms with van der Waals surface area (Å²) in [5, 5.41) is 3.08. The van der Waals surface area contributed by atoms with Gasteiger partial charge in [0.2, 0.25) is 0 Å². The fourth-order valence-corrected chi connectivity index (χ4v) is 4.06. The van der Waals surface area contributed by atoms with Crippen LogP contribution in [0.25, 0.3) is 11.0 Å². The zero-order chi connectivity index (χ0) is 16.8. The van der Waals surface area contributed by atoms with Gasteiger partial charge in [-0.3, -0.25) is 19.4 Å². The van der Waals surface area contributed by atoms with Gasteiger partial charge < -0.3 is 9.64 Å². The molecule has 1 saturated heterocycles. The Hall–Kier alpha value is -2.15. The number of ether oxygens (including phenoxy) is 1. The summed E-state index contributed by atoms with van der Waals surface area (Å²) in [4.78, 5) is 31.9. The van der Waals surface area contributed by atoms with E-state index in [1.54, 1.807) is 17.8 Å². The monoisotopic (exact) mass is 330 g/mol. The first-order valence-corrected chi connectivity index (χ1v) is 8.55. The maximum atomic E-state index is 13.3. The van der Waals surface area contributed by atoms with Crippen LogP contribution < -0.4 is 5.56 Å². The summed E-state index contributed by atoms with van der Waals surface area (Å²) in [6.45, 7) is 2.98. The molecule has 1 amide bonds. The Morgan fingerprint density at radius 2 is 2.17 bits per heavy atom. The Labute approximate surface area is 139 Å². The lowest BCUT2D eigenvalue weighted by Gasteiger charge is -2.43. The molecule has 3 heterocycles. The van der Waals surface area contributed by atoms with E-state index in [2.05, 4.69) is 10.1 Å². The molecule has 7 heteroatoms. The molecule has 2 aliphatic rings. The van der Waals surface area contributed by atoms with E-state index in [0.717, 1.165) is 31.4 Å².